The lowest BCUT2D eigenvalue weighted by Gasteiger charge is -2.17. The first-order valence-electron chi connectivity index (χ1n) is 7.51. The Kier molecular flexibility index (Phi) is 4.37. The predicted octanol–water partition coefficient (Wildman–Crippen LogP) is 2.50. The zero-order valence-electron chi connectivity index (χ0n) is 12.5. The standard InChI is InChI=1S/C18H17FN2O2/c19-15-8-4-5-9-16(15)21-12-14(10-17(21)22)18(23)20-11-13-6-2-1-3-7-13/h1-9,14H,10-12H2,(H,20,23)/t14-/m1/s1. The summed E-state index contributed by atoms with van der Waals surface area (Å²) < 4.78 is 13.8. The lowest BCUT2D eigenvalue weighted by atomic mass is 10.1. The van der Waals surface area contributed by atoms with Crippen molar-refractivity contribution in [2.24, 2.45) is 5.92 Å². The molecule has 0 bridgehead atoms. The number of para-hydroxylation sites is 1. The molecule has 0 aromatic heterocycles. The van der Waals surface area contributed by atoms with Crippen molar-refractivity contribution in [1.82, 2.24) is 5.32 Å². The van der Waals surface area contributed by atoms with E-state index in [0.717, 1.165) is 5.56 Å². The Morgan fingerprint density at radius 1 is 1.13 bits per heavy atom. The van der Waals surface area contributed by atoms with E-state index >= 15 is 0 Å². The molecule has 3 rings (SSSR count). The number of carbonyl (C=O) groups is 2. The van der Waals surface area contributed by atoms with E-state index in [1.54, 1.807) is 18.2 Å². The molecule has 0 unspecified atom stereocenters. The van der Waals surface area contributed by atoms with Gasteiger partial charge >= 0.3 is 0 Å². The Morgan fingerprint density at radius 2 is 1.83 bits per heavy atom. The molecule has 0 saturated carbocycles. The van der Waals surface area contributed by atoms with Crippen LogP contribution in [0.5, 0.6) is 0 Å². The van der Waals surface area contributed by atoms with Gasteiger partial charge in [-0.1, -0.05) is 42.5 Å². The second-order valence-corrected chi connectivity index (χ2v) is 5.56. The number of hydrogen-bond donors (Lipinski definition) is 1. The summed E-state index contributed by atoms with van der Waals surface area (Å²) in [6.07, 6.45) is 0.106. The molecule has 23 heavy (non-hydrogen) atoms. The monoisotopic (exact) mass is 312 g/mol. The van der Waals surface area contributed by atoms with Crippen molar-refractivity contribution in [2.45, 2.75) is 13.0 Å². The molecule has 1 fully saturated rings. The number of anilines is 1. The molecular formula is C18H17FN2O2. The van der Waals surface area contributed by atoms with E-state index in [-0.39, 0.29) is 30.5 Å². The Labute approximate surface area is 133 Å². The molecule has 0 aliphatic carbocycles. The molecule has 0 radical (unpaired) electrons. The SMILES string of the molecule is O=C(NCc1ccccc1)[C@@H]1CC(=O)N(c2ccccc2F)C1. The quantitative estimate of drug-likeness (QED) is 0.943. The van der Waals surface area contributed by atoms with E-state index in [2.05, 4.69) is 5.32 Å². The molecule has 1 heterocycles. The van der Waals surface area contributed by atoms with Gasteiger partial charge in [-0.15, -0.1) is 0 Å². The van der Waals surface area contributed by atoms with Gasteiger partial charge in [0, 0.05) is 19.5 Å². The van der Waals surface area contributed by atoms with E-state index in [1.165, 1.54) is 11.0 Å². The molecule has 4 nitrogen and oxygen atoms in total. The van der Waals surface area contributed by atoms with Crippen LogP contribution in [0.2, 0.25) is 0 Å². The van der Waals surface area contributed by atoms with Gasteiger partial charge in [0.15, 0.2) is 0 Å². The van der Waals surface area contributed by atoms with Gasteiger partial charge in [-0.25, -0.2) is 4.39 Å². The summed E-state index contributed by atoms with van der Waals surface area (Å²) in [5.41, 5.74) is 1.23. The maximum Gasteiger partial charge on any atom is 0.227 e. The molecule has 5 heteroatoms. The molecular weight excluding hydrogens is 295 g/mol. The Hall–Kier alpha value is -2.69. The topological polar surface area (TPSA) is 49.4 Å². The van der Waals surface area contributed by atoms with E-state index in [4.69, 9.17) is 0 Å². The lowest BCUT2D eigenvalue weighted by molar-refractivity contribution is -0.126. The Bertz CT molecular complexity index is 718. The highest BCUT2D eigenvalue weighted by Crippen LogP contribution is 2.27. The van der Waals surface area contributed by atoms with Crippen molar-refractivity contribution in [3.8, 4) is 0 Å². The fourth-order valence-corrected chi connectivity index (χ4v) is 2.72. The normalized spacial score (nSPS) is 17.3. The molecule has 1 aliphatic heterocycles. The van der Waals surface area contributed by atoms with Crippen LogP contribution in [0.15, 0.2) is 54.6 Å². The van der Waals surface area contributed by atoms with Crippen LogP contribution in [-0.2, 0) is 16.1 Å². The minimum Gasteiger partial charge on any atom is -0.352 e. The number of carbonyl (C=O) groups excluding carboxylic acids is 2. The molecule has 1 saturated heterocycles. The van der Waals surface area contributed by atoms with Crippen LogP contribution >= 0.6 is 0 Å². The summed E-state index contributed by atoms with van der Waals surface area (Å²) in [5.74, 6) is -1.31. The molecule has 1 N–H and O–H groups in total. The maximum absolute atomic E-state index is 13.8. The number of nitrogens with zero attached hydrogens (tertiary/aromatic N) is 1. The number of hydrogen-bond acceptors (Lipinski definition) is 2. The van der Waals surface area contributed by atoms with Gasteiger partial charge in [0.05, 0.1) is 11.6 Å². The zero-order chi connectivity index (χ0) is 16.2. The lowest BCUT2D eigenvalue weighted by Crippen LogP contribution is -2.32. The van der Waals surface area contributed by atoms with Crippen LogP contribution in [0.1, 0.15) is 12.0 Å². The summed E-state index contributed by atoms with van der Waals surface area (Å²) >= 11 is 0. The maximum atomic E-state index is 13.8. The van der Waals surface area contributed by atoms with E-state index in [1.807, 2.05) is 30.3 Å². The molecule has 118 valence electrons. The third-order valence-electron chi connectivity index (χ3n) is 3.95. The number of benzene rings is 2. The molecule has 1 aliphatic rings. The number of amides is 2. The first-order valence-corrected chi connectivity index (χ1v) is 7.51. The van der Waals surface area contributed by atoms with Crippen LogP contribution in [-0.4, -0.2) is 18.4 Å². The first-order chi connectivity index (χ1) is 11.1. The highest BCUT2D eigenvalue weighted by Gasteiger charge is 2.35. The van der Waals surface area contributed by atoms with E-state index < -0.39 is 11.7 Å². The molecule has 1 atom stereocenters. The number of rotatable bonds is 4. The van der Waals surface area contributed by atoms with Crippen molar-refractivity contribution >= 4 is 17.5 Å². The van der Waals surface area contributed by atoms with Gasteiger partial charge in [-0.3, -0.25) is 9.59 Å². The minimum absolute atomic E-state index is 0.106. The third-order valence-corrected chi connectivity index (χ3v) is 3.95. The summed E-state index contributed by atoms with van der Waals surface area (Å²) in [5, 5.41) is 2.84. The van der Waals surface area contributed by atoms with Crippen LogP contribution in [0.4, 0.5) is 10.1 Å². The number of halogens is 1. The van der Waals surface area contributed by atoms with Gasteiger partial charge in [0.2, 0.25) is 11.8 Å². The fourth-order valence-electron chi connectivity index (χ4n) is 2.72. The fraction of sp³-hybridized carbons (Fsp3) is 0.222. The van der Waals surface area contributed by atoms with Crippen LogP contribution in [0.3, 0.4) is 0 Å². The average Bonchev–Trinajstić information content (AvgIpc) is 2.96. The van der Waals surface area contributed by atoms with Crippen LogP contribution in [0, 0.1) is 11.7 Å². The van der Waals surface area contributed by atoms with Crippen molar-refractivity contribution in [2.75, 3.05) is 11.4 Å². The highest BCUT2D eigenvalue weighted by atomic mass is 19.1. The third kappa shape index (κ3) is 3.39. The summed E-state index contributed by atoms with van der Waals surface area (Å²) in [6, 6.07) is 15.7. The van der Waals surface area contributed by atoms with Crippen molar-refractivity contribution in [3.63, 3.8) is 0 Å². The van der Waals surface area contributed by atoms with Gasteiger partial charge in [-0.2, -0.15) is 0 Å². The summed E-state index contributed by atoms with van der Waals surface area (Å²) in [7, 11) is 0. The van der Waals surface area contributed by atoms with E-state index in [0.29, 0.717) is 6.54 Å². The zero-order valence-corrected chi connectivity index (χ0v) is 12.5. The van der Waals surface area contributed by atoms with Gasteiger partial charge in [-0.05, 0) is 17.7 Å². The molecule has 2 amide bonds. The van der Waals surface area contributed by atoms with Crippen molar-refractivity contribution in [1.29, 1.82) is 0 Å². The second-order valence-electron chi connectivity index (χ2n) is 5.56. The van der Waals surface area contributed by atoms with Crippen LogP contribution < -0.4 is 10.2 Å². The minimum atomic E-state index is -0.453. The Balaban J connectivity index is 1.63. The second kappa shape index (κ2) is 6.60. The van der Waals surface area contributed by atoms with Crippen molar-refractivity contribution < 1.29 is 14.0 Å². The molecule has 2 aromatic carbocycles. The Morgan fingerprint density at radius 3 is 2.57 bits per heavy atom. The highest BCUT2D eigenvalue weighted by molar-refractivity contribution is 6.00. The molecule has 2 aromatic rings. The number of nitrogens with one attached hydrogen (secondary N) is 1. The van der Waals surface area contributed by atoms with E-state index in [9.17, 15) is 14.0 Å². The molecule has 0 spiro atoms. The largest absolute Gasteiger partial charge is 0.352 e. The summed E-state index contributed by atoms with van der Waals surface area (Å²) in [6.45, 7) is 0.629. The van der Waals surface area contributed by atoms with Gasteiger partial charge in [0.25, 0.3) is 0 Å². The average molecular weight is 312 g/mol. The van der Waals surface area contributed by atoms with Gasteiger partial charge in [0.1, 0.15) is 5.82 Å². The van der Waals surface area contributed by atoms with Crippen LogP contribution in [0.25, 0.3) is 0 Å². The summed E-state index contributed by atoms with van der Waals surface area (Å²) in [4.78, 5) is 25.7. The first kappa shape index (κ1) is 15.2. The van der Waals surface area contributed by atoms with Gasteiger partial charge < -0.3 is 10.2 Å². The smallest absolute Gasteiger partial charge is 0.227 e. The predicted molar refractivity (Wildman–Crippen MR) is 85.1 cm³/mol. The van der Waals surface area contributed by atoms with Crippen molar-refractivity contribution in [3.05, 3.63) is 66.0 Å².